The summed E-state index contributed by atoms with van der Waals surface area (Å²) in [6.45, 7) is 1.66. The summed E-state index contributed by atoms with van der Waals surface area (Å²) in [7, 11) is 2.95. The first-order valence-electron chi connectivity index (χ1n) is 8.87. The molecule has 3 aromatic heterocycles. The van der Waals surface area contributed by atoms with Crippen molar-refractivity contribution in [2.24, 2.45) is 7.05 Å². The zero-order valence-corrected chi connectivity index (χ0v) is 16.3. The number of halogens is 1. The molecule has 10 nitrogen and oxygen atoms in total. The van der Waals surface area contributed by atoms with Crippen LogP contribution in [0.1, 0.15) is 22.3 Å². The molecule has 0 saturated carbocycles. The van der Waals surface area contributed by atoms with Crippen LogP contribution in [0.5, 0.6) is 5.75 Å². The largest absolute Gasteiger partial charge is 0.497 e. The number of nitrogens with one attached hydrogen (secondary N) is 1. The van der Waals surface area contributed by atoms with Crippen LogP contribution in [0.4, 0.5) is 4.39 Å². The molecule has 0 aliphatic heterocycles. The maximum absolute atomic E-state index is 14.5. The van der Waals surface area contributed by atoms with Crippen molar-refractivity contribution < 1.29 is 18.3 Å². The lowest BCUT2D eigenvalue weighted by molar-refractivity contribution is 0.0942. The lowest BCUT2D eigenvalue weighted by Crippen LogP contribution is -2.23. The molecular weight excluding hydrogens is 395 g/mol. The second-order valence-electron chi connectivity index (χ2n) is 6.48. The Balaban J connectivity index is 1.68. The summed E-state index contributed by atoms with van der Waals surface area (Å²) in [5, 5.41) is 10.1. The molecule has 154 valence electrons. The third-order valence-electron chi connectivity index (χ3n) is 4.50. The van der Waals surface area contributed by atoms with Crippen molar-refractivity contribution in [3.05, 3.63) is 64.2 Å². The van der Waals surface area contributed by atoms with Crippen molar-refractivity contribution in [1.29, 1.82) is 0 Å². The molecule has 0 fully saturated rings. The number of fused-ring (bicyclic) bond motifs is 1. The number of methoxy groups -OCH3 is 1. The third kappa shape index (κ3) is 3.41. The number of ether oxygens (including phenoxy) is 1. The Morgan fingerprint density at radius 2 is 2.10 bits per heavy atom. The molecule has 0 radical (unpaired) electrons. The van der Waals surface area contributed by atoms with Gasteiger partial charge in [0, 0.05) is 38.0 Å². The van der Waals surface area contributed by atoms with Crippen molar-refractivity contribution in [3.8, 4) is 17.0 Å². The predicted molar refractivity (Wildman–Crippen MR) is 103 cm³/mol. The van der Waals surface area contributed by atoms with Crippen LogP contribution < -0.4 is 15.6 Å². The van der Waals surface area contributed by atoms with Gasteiger partial charge in [0.15, 0.2) is 0 Å². The molecule has 1 aromatic carbocycles. The molecule has 30 heavy (non-hydrogen) atoms. The van der Waals surface area contributed by atoms with Gasteiger partial charge in [0.2, 0.25) is 17.4 Å². The Labute approximate surface area is 168 Å². The molecule has 1 amide bonds. The summed E-state index contributed by atoms with van der Waals surface area (Å²) in [5.74, 6) is -0.0719. The van der Waals surface area contributed by atoms with Crippen LogP contribution in [-0.2, 0) is 13.6 Å². The highest BCUT2D eigenvalue weighted by Gasteiger charge is 2.18. The maximum Gasteiger partial charge on any atom is 0.294 e. The van der Waals surface area contributed by atoms with Crippen molar-refractivity contribution in [2.75, 3.05) is 7.11 Å². The molecule has 0 unspecified atom stereocenters. The number of carbonyl (C=O) groups excluding carboxylic acids is 1. The first-order chi connectivity index (χ1) is 14.4. The number of aromatic nitrogens is 5. The molecule has 0 bridgehead atoms. The first kappa shape index (κ1) is 19.3. The molecule has 0 spiro atoms. The Hall–Kier alpha value is -4.02. The Kier molecular flexibility index (Phi) is 4.78. The lowest BCUT2D eigenvalue weighted by atomic mass is 10.1. The molecule has 0 saturated heterocycles. The van der Waals surface area contributed by atoms with Gasteiger partial charge in [0.1, 0.15) is 17.3 Å². The third-order valence-corrected chi connectivity index (χ3v) is 4.50. The highest BCUT2D eigenvalue weighted by Crippen LogP contribution is 2.25. The van der Waals surface area contributed by atoms with Gasteiger partial charge in [-0.15, -0.1) is 10.2 Å². The Morgan fingerprint density at radius 3 is 2.77 bits per heavy atom. The SMILES string of the molecule is COc1ccc(-c2cn3cc(C(=O)NCc4nnc(C)o4)nc3c(=O)n2C)c(F)c1. The van der Waals surface area contributed by atoms with Crippen LogP contribution in [-0.4, -0.2) is 37.2 Å². The van der Waals surface area contributed by atoms with Crippen LogP contribution in [0.3, 0.4) is 0 Å². The number of hydrogen-bond acceptors (Lipinski definition) is 7. The number of benzene rings is 1. The van der Waals surface area contributed by atoms with Gasteiger partial charge in [-0.3, -0.25) is 14.0 Å². The second-order valence-corrected chi connectivity index (χ2v) is 6.48. The molecule has 4 rings (SSSR count). The van der Waals surface area contributed by atoms with E-state index >= 15 is 0 Å². The fourth-order valence-corrected chi connectivity index (χ4v) is 2.97. The molecule has 1 N–H and O–H groups in total. The van der Waals surface area contributed by atoms with Crippen molar-refractivity contribution in [3.63, 3.8) is 0 Å². The Morgan fingerprint density at radius 1 is 1.30 bits per heavy atom. The normalized spacial score (nSPS) is 11.1. The van der Waals surface area contributed by atoms with Crippen LogP contribution in [0.2, 0.25) is 0 Å². The van der Waals surface area contributed by atoms with Crippen LogP contribution in [0.25, 0.3) is 16.9 Å². The van der Waals surface area contributed by atoms with E-state index in [9.17, 15) is 14.0 Å². The molecular formula is C19H17FN6O4. The summed E-state index contributed by atoms with van der Waals surface area (Å²) >= 11 is 0. The topological polar surface area (TPSA) is 117 Å². The van der Waals surface area contributed by atoms with Gasteiger partial charge in [-0.25, -0.2) is 9.37 Å². The minimum absolute atomic E-state index is 0.0217. The smallest absolute Gasteiger partial charge is 0.294 e. The van der Waals surface area contributed by atoms with Crippen molar-refractivity contribution in [1.82, 2.24) is 29.5 Å². The number of imidazole rings is 1. The van der Waals surface area contributed by atoms with E-state index in [-0.39, 0.29) is 29.3 Å². The standard InChI is InChI=1S/C19H17FN6O4/c1-10-23-24-16(30-10)7-21-18(27)14-8-26-9-15(25(2)19(28)17(26)22-14)12-5-4-11(29-3)6-13(12)20/h4-6,8-9H,7H2,1-3H3,(H,21,27). The van der Waals surface area contributed by atoms with E-state index in [4.69, 9.17) is 9.15 Å². The van der Waals surface area contributed by atoms with Gasteiger partial charge in [-0.05, 0) is 12.1 Å². The molecule has 0 aliphatic rings. The first-order valence-corrected chi connectivity index (χ1v) is 8.87. The van der Waals surface area contributed by atoms with E-state index in [2.05, 4.69) is 20.5 Å². The van der Waals surface area contributed by atoms with E-state index in [1.807, 2.05) is 0 Å². The van der Waals surface area contributed by atoms with Crippen molar-refractivity contribution >= 4 is 11.6 Å². The van der Waals surface area contributed by atoms with Crippen LogP contribution in [0.15, 0.2) is 39.8 Å². The quantitative estimate of drug-likeness (QED) is 0.528. The van der Waals surface area contributed by atoms with Gasteiger partial charge < -0.3 is 19.0 Å². The minimum Gasteiger partial charge on any atom is -0.497 e. The van der Waals surface area contributed by atoms with E-state index < -0.39 is 17.3 Å². The fourth-order valence-electron chi connectivity index (χ4n) is 2.97. The van der Waals surface area contributed by atoms with Gasteiger partial charge in [0.05, 0.1) is 19.3 Å². The summed E-state index contributed by atoms with van der Waals surface area (Å²) in [6, 6.07) is 4.35. The number of rotatable bonds is 5. The van der Waals surface area contributed by atoms with E-state index in [1.54, 1.807) is 13.0 Å². The van der Waals surface area contributed by atoms with Gasteiger partial charge in [-0.2, -0.15) is 0 Å². The zero-order chi connectivity index (χ0) is 21.4. The van der Waals surface area contributed by atoms with Crippen LogP contribution >= 0.6 is 0 Å². The number of carbonyl (C=O) groups is 1. The summed E-state index contributed by atoms with van der Waals surface area (Å²) in [6.07, 6.45) is 2.93. The Bertz CT molecular complexity index is 1320. The summed E-state index contributed by atoms with van der Waals surface area (Å²) in [5.41, 5.74) is 0.112. The van der Waals surface area contributed by atoms with Gasteiger partial charge >= 0.3 is 0 Å². The van der Waals surface area contributed by atoms with E-state index in [0.29, 0.717) is 17.3 Å². The lowest BCUT2D eigenvalue weighted by Gasteiger charge is -2.11. The van der Waals surface area contributed by atoms with Crippen molar-refractivity contribution in [2.45, 2.75) is 13.5 Å². The number of nitrogens with zero attached hydrogens (tertiary/aromatic N) is 5. The molecule has 4 aromatic rings. The molecule has 11 heteroatoms. The van der Waals surface area contributed by atoms with E-state index in [0.717, 1.165) is 0 Å². The average molecular weight is 412 g/mol. The number of amides is 1. The second kappa shape index (κ2) is 7.43. The highest BCUT2D eigenvalue weighted by atomic mass is 19.1. The predicted octanol–water partition coefficient (Wildman–Crippen LogP) is 1.47. The maximum atomic E-state index is 14.5. The average Bonchev–Trinajstić information content (AvgIpc) is 3.35. The molecule has 0 atom stereocenters. The van der Waals surface area contributed by atoms with Gasteiger partial charge in [-0.1, -0.05) is 0 Å². The zero-order valence-electron chi connectivity index (χ0n) is 16.3. The fraction of sp³-hybridized carbons (Fsp3) is 0.211. The summed E-state index contributed by atoms with van der Waals surface area (Å²) < 4.78 is 27.4. The van der Waals surface area contributed by atoms with E-state index in [1.165, 1.54) is 47.7 Å². The monoisotopic (exact) mass is 412 g/mol. The van der Waals surface area contributed by atoms with Gasteiger partial charge in [0.25, 0.3) is 11.5 Å². The summed E-state index contributed by atoms with van der Waals surface area (Å²) in [4.78, 5) is 29.3. The molecule has 3 heterocycles. The number of aryl methyl sites for hydroxylation is 1. The van der Waals surface area contributed by atoms with Crippen LogP contribution in [0, 0.1) is 12.7 Å². The minimum atomic E-state index is -0.545. The molecule has 0 aliphatic carbocycles. The highest BCUT2D eigenvalue weighted by molar-refractivity contribution is 5.92. The number of hydrogen-bond donors (Lipinski definition) is 1.